The second-order valence-corrected chi connectivity index (χ2v) is 7.49. The number of carbonyl (C=O) groups excluding carboxylic acids is 1. The lowest BCUT2D eigenvalue weighted by Crippen LogP contribution is -2.15. The number of carbonyl (C=O) groups is 1. The fourth-order valence-electron chi connectivity index (χ4n) is 2.34. The Kier molecular flexibility index (Phi) is 6.36. The number of anilines is 1. The minimum absolute atomic E-state index is 0.0628. The van der Waals surface area contributed by atoms with Gasteiger partial charge < -0.3 is 9.88 Å². The molecular weight excluding hydrogens is 390 g/mol. The summed E-state index contributed by atoms with van der Waals surface area (Å²) >= 11 is 2.86. The molecule has 0 aliphatic carbocycles. The molecule has 0 atom stereocenters. The van der Waals surface area contributed by atoms with Gasteiger partial charge in [-0.2, -0.15) is 0 Å². The minimum Gasteiger partial charge on any atom is -0.325 e. The zero-order chi connectivity index (χ0) is 19.2. The topological polar surface area (TPSA) is 59.8 Å². The number of allylic oxidation sites excluding steroid dienone is 1. The molecule has 1 amide bonds. The summed E-state index contributed by atoms with van der Waals surface area (Å²) in [5.74, 6) is -1.46. The molecule has 140 valence electrons. The number of nitrogens with one attached hydrogen (secondary N) is 1. The molecule has 0 bridgehead atoms. The molecule has 3 aromatic rings. The zero-order valence-electron chi connectivity index (χ0n) is 14.2. The highest BCUT2D eigenvalue weighted by Gasteiger charge is 2.14. The summed E-state index contributed by atoms with van der Waals surface area (Å²) in [6, 6.07) is 7.22. The van der Waals surface area contributed by atoms with Gasteiger partial charge in [0.1, 0.15) is 5.82 Å². The third-order valence-electron chi connectivity index (χ3n) is 3.55. The van der Waals surface area contributed by atoms with Crippen LogP contribution in [0, 0.1) is 11.6 Å². The molecule has 2 heterocycles. The van der Waals surface area contributed by atoms with Crippen molar-refractivity contribution in [3.05, 3.63) is 70.7 Å². The summed E-state index contributed by atoms with van der Waals surface area (Å²) < 4.78 is 28.1. The highest BCUT2D eigenvalue weighted by atomic mass is 32.2. The number of thioether (sulfide) groups is 1. The van der Waals surface area contributed by atoms with Crippen LogP contribution in [0.1, 0.15) is 10.7 Å². The van der Waals surface area contributed by atoms with Crippen molar-refractivity contribution in [1.29, 1.82) is 0 Å². The van der Waals surface area contributed by atoms with Crippen molar-refractivity contribution < 1.29 is 13.6 Å². The van der Waals surface area contributed by atoms with Crippen molar-refractivity contribution in [1.82, 2.24) is 14.8 Å². The number of benzene rings is 1. The highest BCUT2D eigenvalue weighted by molar-refractivity contribution is 7.99. The molecule has 0 aliphatic heterocycles. The number of halogens is 2. The number of thiophene rings is 1. The van der Waals surface area contributed by atoms with Gasteiger partial charge in [-0.25, -0.2) is 8.78 Å². The Labute approximate surface area is 163 Å². The Morgan fingerprint density at radius 3 is 2.85 bits per heavy atom. The molecule has 1 N–H and O–H groups in total. The van der Waals surface area contributed by atoms with E-state index in [1.165, 1.54) is 22.7 Å². The predicted octanol–water partition coefficient (Wildman–Crippen LogP) is 4.13. The maximum absolute atomic E-state index is 13.2. The van der Waals surface area contributed by atoms with Gasteiger partial charge in [-0.05, 0) is 23.6 Å². The lowest BCUT2D eigenvalue weighted by atomic mass is 10.3. The normalized spacial score (nSPS) is 10.7. The molecule has 27 heavy (non-hydrogen) atoms. The Morgan fingerprint density at radius 2 is 2.15 bits per heavy atom. The van der Waals surface area contributed by atoms with Gasteiger partial charge in [0.15, 0.2) is 16.8 Å². The monoisotopic (exact) mass is 406 g/mol. The Morgan fingerprint density at radius 1 is 1.30 bits per heavy atom. The Bertz CT molecular complexity index is 941. The Balaban J connectivity index is 1.64. The average Bonchev–Trinajstić information content (AvgIpc) is 3.28. The van der Waals surface area contributed by atoms with Crippen LogP contribution in [0.2, 0.25) is 0 Å². The van der Waals surface area contributed by atoms with E-state index in [1.54, 1.807) is 17.4 Å². The van der Waals surface area contributed by atoms with Gasteiger partial charge in [0, 0.05) is 29.6 Å². The molecule has 0 saturated carbocycles. The van der Waals surface area contributed by atoms with Crippen LogP contribution in [0.3, 0.4) is 0 Å². The largest absolute Gasteiger partial charge is 0.325 e. The summed E-state index contributed by atoms with van der Waals surface area (Å²) in [6.45, 7) is 4.28. The Hall–Kier alpha value is -2.52. The lowest BCUT2D eigenvalue weighted by Gasteiger charge is -2.08. The van der Waals surface area contributed by atoms with Gasteiger partial charge in [-0.15, -0.1) is 28.1 Å². The van der Waals surface area contributed by atoms with Gasteiger partial charge >= 0.3 is 0 Å². The SMILES string of the molecule is C=CCn1c(Cc2cccs2)nnc1SCC(=O)Nc1ccc(F)c(F)c1. The quantitative estimate of drug-likeness (QED) is 0.451. The van der Waals surface area contributed by atoms with E-state index in [4.69, 9.17) is 0 Å². The van der Waals surface area contributed by atoms with E-state index in [2.05, 4.69) is 22.1 Å². The molecule has 0 fully saturated rings. The maximum atomic E-state index is 13.2. The zero-order valence-corrected chi connectivity index (χ0v) is 15.8. The molecule has 0 unspecified atom stereocenters. The molecule has 9 heteroatoms. The first-order valence-corrected chi connectivity index (χ1v) is 9.86. The molecule has 0 saturated heterocycles. The third kappa shape index (κ3) is 5.01. The van der Waals surface area contributed by atoms with E-state index < -0.39 is 11.6 Å². The number of nitrogens with zero attached hydrogens (tertiary/aromatic N) is 3. The average molecular weight is 406 g/mol. The van der Waals surface area contributed by atoms with E-state index in [9.17, 15) is 13.6 Å². The molecule has 0 aliphatic rings. The highest BCUT2D eigenvalue weighted by Crippen LogP contribution is 2.21. The lowest BCUT2D eigenvalue weighted by molar-refractivity contribution is -0.113. The van der Waals surface area contributed by atoms with Crippen LogP contribution in [0.4, 0.5) is 14.5 Å². The molecule has 0 radical (unpaired) electrons. The van der Waals surface area contributed by atoms with Crippen LogP contribution in [-0.2, 0) is 17.8 Å². The number of aromatic nitrogens is 3. The molecular formula is C18H16F2N4OS2. The van der Waals surface area contributed by atoms with Crippen molar-refractivity contribution in [2.24, 2.45) is 0 Å². The first-order valence-electron chi connectivity index (χ1n) is 8.00. The van der Waals surface area contributed by atoms with E-state index >= 15 is 0 Å². The first-order chi connectivity index (χ1) is 13.1. The van der Waals surface area contributed by atoms with Crippen molar-refractivity contribution in [2.75, 3.05) is 11.1 Å². The van der Waals surface area contributed by atoms with E-state index in [0.717, 1.165) is 18.0 Å². The first kappa shape index (κ1) is 19.2. The smallest absolute Gasteiger partial charge is 0.234 e. The summed E-state index contributed by atoms with van der Waals surface area (Å²) in [7, 11) is 0. The summed E-state index contributed by atoms with van der Waals surface area (Å²) in [4.78, 5) is 13.3. The molecule has 2 aromatic heterocycles. The van der Waals surface area contributed by atoms with Crippen molar-refractivity contribution in [3.63, 3.8) is 0 Å². The number of hydrogen-bond donors (Lipinski definition) is 1. The van der Waals surface area contributed by atoms with Crippen LogP contribution in [0.5, 0.6) is 0 Å². The standard InChI is InChI=1S/C18H16F2N4OS2/c1-2-7-24-16(10-13-4-3-8-26-13)22-23-18(24)27-11-17(25)21-12-5-6-14(19)15(20)9-12/h2-6,8-9H,1,7,10-11H2,(H,21,25). The fraction of sp³-hybridized carbons (Fsp3) is 0.167. The number of amides is 1. The van der Waals surface area contributed by atoms with Crippen molar-refractivity contribution >= 4 is 34.7 Å². The van der Waals surface area contributed by atoms with Gasteiger partial charge in [0.05, 0.1) is 5.75 Å². The summed E-state index contributed by atoms with van der Waals surface area (Å²) in [6.07, 6.45) is 2.40. The van der Waals surface area contributed by atoms with Crippen LogP contribution in [-0.4, -0.2) is 26.4 Å². The van der Waals surface area contributed by atoms with Crippen LogP contribution in [0.15, 0.2) is 53.5 Å². The van der Waals surface area contributed by atoms with Gasteiger partial charge in [-0.1, -0.05) is 23.9 Å². The minimum atomic E-state index is -1.01. The maximum Gasteiger partial charge on any atom is 0.234 e. The third-order valence-corrected chi connectivity index (χ3v) is 5.40. The van der Waals surface area contributed by atoms with Gasteiger partial charge in [0.2, 0.25) is 5.91 Å². The number of hydrogen-bond acceptors (Lipinski definition) is 5. The molecule has 3 rings (SSSR count). The van der Waals surface area contributed by atoms with Gasteiger partial charge in [-0.3, -0.25) is 4.79 Å². The second kappa shape index (κ2) is 8.92. The van der Waals surface area contributed by atoms with Crippen LogP contribution >= 0.6 is 23.1 Å². The summed E-state index contributed by atoms with van der Waals surface area (Å²) in [5.41, 5.74) is 0.199. The van der Waals surface area contributed by atoms with Gasteiger partial charge in [0.25, 0.3) is 0 Å². The van der Waals surface area contributed by atoms with Crippen LogP contribution < -0.4 is 5.32 Å². The molecule has 0 spiro atoms. The molecule has 5 nitrogen and oxygen atoms in total. The predicted molar refractivity (Wildman–Crippen MR) is 103 cm³/mol. The van der Waals surface area contributed by atoms with E-state index in [1.807, 2.05) is 22.1 Å². The second-order valence-electron chi connectivity index (χ2n) is 5.52. The number of rotatable bonds is 8. The summed E-state index contributed by atoms with van der Waals surface area (Å²) in [5, 5.41) is 13.5. The molecule has 1 aromatic carbocycles. The van der Waals surface area contributed by atoms with E-state index in [-0.39, 0.29) is 17.3 Å². The van der Waals surface area contributed by atoms with Crippen molar-refractivity contribution in [2.45, 2.75) is 18.1 Å². The van der Waals surface area contributed by atoms with Crippen LogP contribution in [0.25, 0.3) is 0 Å². The fourth-order valence-corrected chi connectivity index (χ4v) is 3.81. The van der Waals surface area contributed by atoms with E-state index in [0.29, 0.717) is 18.1 Å². The van der Waals surface area contributed by atoms with Crippen molar-refractivity contribution in [3.8, 4) is 0 Å².